The molecule has 1 amide bonds. The van der Waals surface area contributed by atoms with Crippen LogP contribution in [0, 0.1) is 0 Å². The maximum absolute atomic E-state index is 13.5. The van der Waals surface area contributed by atoms with Gasteiger partial charge in [0.15, 0.2) is 0 Å². The van der Waals surface area contributed by atoms with Crippen molar-refractivity contribution in [2.24, 2.45) is 4.99 Å². The molecule has 1 N–H and O–H groups in total. The summed E-state index contributed by atoms with van der Waals surface area (Å²) in [5.74, 6) is -4.33. The largest absolute Gasteiger partial charge is 0.466 e. The number of hydrogen-bond donors (Lipinski definition) is 1. The maximum atomic E-state index is 13.5. The number of esters is 2. The minimum atomic E-state index is -2.21. The third-order valence-electron chi connectivity index (χ3n) is 6.48. The topological polar surface area (TPSA) is 115 Å². The van der Waals surface area contributed by atoms with Crippen molar-refractivity contribution in [1.29, 1.82) is 0 Å². The molecule has 1 spiro atoms. The molecule has 1 unspecified atom stereocenters. The molecular weight excluding hydrogens is 380 g/mol. The fourth-order valence-electron chi connectivity index (χ4n) is 5.28. The average molecular weight is 400 g/mol. The van der Waals surface area contributed by atoms with Crippen LogP contribution in [-0.4, -0.2) is 64.3 Å². The van der Waals surface area contributed by atoms with Gasteiger partial charge in [-0.2, -0.15) is 0 Å². The lowest BCUT2D eigenvalue weighted by molar-refractivity contribution is -0.187. The van der Waals surface area contributed by atoms with Crippen LogP contribution in [0.3, 0.4) is 0 Å². The molecule has 4 aliphatic rings. The van der Waals surface area contributed by atoms with Gasteiger partial charge in [-0.3, -0.25) is 9.69 Å². The zero-order chi connectivity index (χ0) is 20.8. The molecule has 5 rings (SSSR count). The lowest BCUT2D eigenvalue weighted by Gasteiger charge is -2.55. The Hall–Kier alpha value is -2.78. The first-order valence-electron chi connectivity index (χ1n) is 9.45. The SMILES string of the molecule is CCOC(=O)[C@]1(O)C(C)=N[C@]23O[C@]4(C(=O)OC)CC2c2ccccc2[C@H]1N3C4=O. The predicted molar refractivity (Wildman–Crippen MR) is 96.6 cm³/mol. The molecule has 29 heavy (non-hydrogen) atoms. The highest BCUT2D eigenvalue weighted by molar-refractivity contribution is 6.15. The summed E-state index contributed by atoms with van der Waals surface area (Å²) in [6.07, 6.45) is 0.0767. The van der Waals surface area contributed by atoms with Gasteiger partial charge in [0.2, 0.25) is 11.2 Å². The summed E-state index contributed by atoms with van der Waals surface area (Å²) >= 11 is 0. The van der Waals surface area contributed by atoms with Gasteiger partial charge in [-0.25, -0.2) is 14.6 Å². The third kappa shape index (κ3) is 1.79. The standard InChI is InChI=1S/C20H20N2O7/c1-4-28-17(25)19(26)10(2)21-20-13-9-18(29-20,16(24)27-3)15(23)22(20)14(19)12-8-6-5-7-11(12)13/h5-8,13-14,26H,4,9H2,1-3H3/t13?,14-,18-,19+,20-/m1/s1. The number of amides is 1. The van der Waals surface area contributed by atoms with Crippen LogP contribution in [-0.2, 0) is 28.6 Å². The first-order valence-corrected chi connectivity index (χ1v) is 9.45. The molecule has 5 atom stereocenters. The van der Waals surface area contributed by atoms with Crippen LogP contribution in [0.5, 0.6) is 0 Å². The number of fused-ring (bicyclic) bond motifs is 4. The number of piperidine rings is 1. The number of methoxy groups -OCH3 is 1. The first-order chi connectivity index (χ1) is 13.8. The Morgan fingerprint density at radius 2 is 2.00 bits per heavy atom. The lowest BCUT2D eigenvalue weighted by Crippen LogP contribution is -2.70. The van der Waals surface area contributed by atoms with E-state index in [1.807, 2.05) is 12.1 Å². The van der Waals surface area contributed by atoms with Crippen molar-refractivity contribution in [2.75, 3.05) is 13.7 Å². The molecule has 1 aromatic rings. The van der Waals surface area contributed by atoms with Crippen molar-refractivity contribution < 1.29 is 33.7 Å². The van der Waals surface area contributed by atoms with Crippen molar-refractivity contribution in [3.05, 3.63) is 35.4 Å². The van der Waals surface area contributed by atoms with E-state index in [0.29, 0.717) is 5.56 Å². The van der Waals surface area contributed by atoms with Crippen molar-refractivity contribution in [3.8, 4) is 0 Å². The highest BCUT2D eigenvalue weighted by Crippen LogP contribution is 2.66. The molecule has 3 bridgehead atoms. The van der Waals surface area contributed by atoms with Crippen LogP contribution in [0.4, 0.5) is 0 Å². The molecule has 4 heterocycles. The van der Waals surface area contributed by atoms with E-state index in [1.165, 1.54) is 18.9 Å². The fraction of sp³-hybridized carbons (Fsp3) is 0.500. The third-order valence-corrected chi connectivity index (χ3v) is 6.48. The van der Waals surface area contributed by atoms with Crippen LogP contribution >= 0.6 is 0 Å². The van der Waals surface area contributed by atoms with Gasteiger partial charge in [0, 0.05) is 6.42 Å². The van der Waals surface area contributed by atoms with Crippen molar-refractivity contribution in [1.82, 2.24) is 4.90 Å². The summed E-state index contributed by atoms with van der Waals surface area (Å²) in [7, 11) is 1.19. The number of nitrogens with zero attached hydrogens (tertiary/aromatic N) is 2. The molecule has 2 fully saturated rings. The molecule has 0 aliphatic carbocycles. The van der Waals surface area contributed by atoms with E-state index in [9.17, 15) is 19.5 Å². The molecule has 152 valence electrons. The normalized spacial score (nSPS) is 38.4. The fourth-order valence-corrected chi connectivity index (χ4v) is 5.28. The summed E-state index contributed by atoms with van der Waals surface area (Å²) in [6, 6.07) is 6.06. The minimum absolute atomic E-state index is 0.0487. The second-order valence-electron chi connectivity index (χ2n) is 7.73. The van der Waals surface area contributed by atoms with E-state index in [0.717, 1.165) is 5.56 Å². The molecule has 2 saturated heterocycles. The highest BCUT2D eigenvalue weighted by atomic mass is 16.6. The van der Waals surface area contributed by atoms with Gasteiger partial charge in [0.1, 0.15) is 6.04 Å². The maximum Gasteiger partial charge on any atom is 0.348 e. The van der Waals surface area contributed by atoms with Crippen molar-refractivity contribution in [3.63, 3.8) is 0 Å². The van der Waals surface area contributed by atoms with E-state index < -0.39 is 46.9 Å². The van der Waals surface area contributed by atoms with E-state index in [2.05, 4.69) is 4.99 Å². The second kappa shape index (κ2) is 5.43. The monoisotopic (exact) mass is 400 g/mol. The van der Waals surface area contributed by atoms with Crippen LogP contribution in [0.15, 0.2) is 29.3 Å². The zero-order valence-corrected chi connectivity index (χ0v) is 16.2. The van der Waals surface area contributed by atoms with E-state index >= 15 is 0 Å². The summed E-state index contributed by atoms with van der Waals surface area (Å²) in [5, 5.41) is 11.6. The van der Waals surface area contributed by atoms with Crippen LogP contribution in [0.25, 0.3) is 0 Å². The van der Waals surface area contributed by atoms with Crippen molar-refractivity contribution in [2.45, 2.75) is 49.3 Å². The molecule has 9 heteroatoms. The number of aliphatic imine (C=N–C) groups is 1. The van der Waals surface area contributed by atoms with Gasteiger partial charge < -0.3 is 19.3 Å². The average Bonchev–Trinajstić information content (AvgIpc) is 3.18. The number of benzene rings is 1. The minimum Gasteiger partial charge on any atom is -0.466 e. The number of carbonyl (C=O) groups is 3. The summed E-state index contributed by atoms with van der Waals surface area (Å²) < 4.78 is 16.1. The zero-order valence-electron chi connectivity index (χ0n) is 16.2. The lowest BCUT2D eigenvalue weighted by atomic mass is 9.68. The molecular formula is C20H20N2O7. The van der Waals surface area contributed by atoms with Crippen LogP contribution < -0.4 is 0 Å². The number of rotatable bonds is 3. The van der Waals surface area contributed by atoms with Gasteiger partial charge in [0.25, 0.3) is 11.8 Å². The highest BCUT2D eigenvalue weighted by Gasteiger charge is 2.82. The van der Waals surface area contributed by atoms with Gasteiger partial charge >= 0.3 is 11.9 Å². The Balaban J connectivity index is 1.82. The van der Waals surface area contributed by atoms with E-state index in [1.54, 1.807) is 19.1 Å². The number of carbonyl (C=O) groups excluding carboxylic acids is 3. The summed E-state index contributed by atoms with van der Waals surface area (Å²) in [5.41, 5.74) is -2.61. The Morgan fingerprint density at radius 1 is 1.31 bits per heavy atom. The molecule has 1 aromatic carbocycles. The van der Waals surface area contributed by atoms with Crippen molar-refractivity contribution >= 4 is 23.6 Å². The Bertz CT molecular complexity index is 1010. The predicted octanol–water partition coefficient (Wildman–Crippen LogP) is 0.422. The number of aliphatic hydroxyl groups is 1. The number of ether oxygens (including phenoxy) is 3. The molecule has 0 radical (unpaired) electrons. The Morgan fingerprint density at radius 3 is 2.66 bits per heavy atom. The van der Waals surface area contributed by atoms with Gasteiger partial charge in [-0.1, -0.05) is 24.3 Å². The van der Waals surface area contributed by atoms with Crippen LogP contribution in [0.2, 0.25) is 0 Å². The number of hydrogen-bond acceptors (Lipinski definition) is 8. The summed E-state index contributed by atoms with van der Waals surface area (Å²) in [4.78, 5) is 44.7. The van der Waals surface area contributed by atoms with Gasteiger partial charge in [-0.05, 0) is 25.0 Å². The van der Waals surface area contributed by atoms with Gasteiger partial charge in [-0.15, -0.1) is 0 Å². The summed E-state index contributed by atoms with van der Waals surface area (Å²) in [6.45, 7) is 3.18. The molecule has 0 saturated carbocycles. The quantitative estimate of drug-likeness (QED) is 0.578. The van der Waals surface area contributed by atoms with Gasteiger partial charge in [0.05, 0.1) is 25.3 Å². The Labute approximate surface area is 166 Å². The Kier molecular flexibility index (Phi) is 3.42. The first kappa shape index (κ1) is 18.3. The van der Waals surface area contributed by atoms with E-state index in [-0.39, 0.29) is 18.7 Å². The second-order valence-corrected chi connectivity index (χ2v) is 7.73. The molecule has 4 aliphatic heterocycles. The van der Waals surface area contributed by atoms with E-state index in [4.69, 9.17) is 14.2 Å². The smallest absolute Gasteiger partial charge is 0.348 e. The molecule has 0 aromatic heterocycles. The molecule has 9 nitrogen and oxygen atoms in total. The van der Waals surface area contributed by atoms with Crippen LogP contribution in [0.1, 0.15) is 43.4 Å².